The van der Waals surface area contributed by atoms with Crippen LogP contribution in [0.15, 0.2) is 41.2 Å². The number of hydrogen-bond acceptors (Lipinski definition) is 4. The quantitative estimate of drug-likeness (QED) is 0.874. The topological polar surface area (TPSA) is 58.2 Å². The predicted molar refractivity (Wildman–Crippen MR) is 99.9 cm³/mol. The average molecular weight is 341 g/mol. The maximum Gasteiger partial charge on any atom is 0.264 e. The van der Waals surface area contributed by atoms with Crippen LogP contribution in [0.25, 0.3) is 11.3 Å². The Kier molecular flexibility index (Phi) is 5.87. The second-order valence-electron chi connectivity index (χ2n) is 6.82. The van der Waals surface area contributed by atoms with Crippen LogP contribution in [0, 0.1) is 0 Å². The second-order valence-corrected chi connectivity index (χ2v) is 6.82. The monoisotopic (exact) mass is 341 g/mol. The van der Waals surface area contributed by atoms with Crippen LogP contribution in [-0.4, -0.2) is 40.3 Å². The third kappa shape index (κ3) is 4.69. The van der Waals surface area contributed by atoms with Crippen molar-refractivity contribution in [2.75, 3.05) is 13.1 Å². The van der Waals surface area contributed by atoms with Gasteiger partial charge in [-0.2, -0.15) is 5.10 Å². The molecule has 1 atom stereocenters. The summed E-state index contributed by atoms with van der Waals surface area (Å²) in [6.07, 6.45) is 4.97. The van der Waals surface area contributed by atoms with Crippen LogP contribution < -0.4 is 10.3 Å². The Hall–Kier alpha value is -2.14. The molecule has 1 aromatic heterocycles. The average Bonchev–Trinajstić information content (AvgIpc) is 2.64. The predicted octanol–water partition coefficient (Wildman–Crippen LogP) is 3.47. The van der Waals surface area contributed by atoms with Gasteiger partial charge in [-0.15, -0.1) is 0 Å². The van der Waals surface area contributed by atoms with E-state index in [0.29, 0.717) is 12.1 Å². The highest BCUT2D eigenvalue weighted by molar-refractivity contribution is 5.59. The second kappa shape index (κ2) is 8.30. The zero-order valence-electron chi connectivity index (χ0n) is 15.1. The molecule has 0 amide bonds. The van der Waals surface area contributed by atoms with Crippen molar-refractivity contribution in [1.29, 1.82) is 0 Å². The van der Waals surface area contributed by atoms with Gasteiger partial charge in [0.2, 0.25) is 0 Å². The highest BCUT2D eigenvalue weighted by Crippen LogP contribution is 2.24. The van der Waals surface area contributed by atoms with Gasteiger partial charge in [-0.25, -0.2) is 5.10 Å². The summed E-state index contributed by atoms with van der Waals surface area (Å²) < 4.78 is 6.15. The van der Waals surface area contributed by atoms with E-state index in [1.165, 1.54) is 18.9 Å². The SMILES string of the molecule is CCCC(C)N1CCC(Oc2ccc(-c3ccc(=O)[nH]n3)cc2)CC1. The van der Waals surface area contributed by atoms with Crippen LogP contribution >= 0.6 is 0 Å². The smallest absolute Gasteiger partial charge is 0.264 e. The van der Waals surface area contributed by atoms with Crippen molar-refractivity contribution >= 4 is 0 Å². The first kappa shape index (κ1) is 17.7. The van der Waals surface area contributed by atoms with E-state index in [1.54, 1.807) is 6.07 Å². The summed E-state index contributed by atoms with van der Waals surface area (Å²) in [5.74, 6) is 0.897. The Morgan fingerprint density at radius 1 is 1.20 bits per heavy atom. The zero-order valence-corrected chi connectivity index (χ0v) is 15.1. The van der Waals surface area contributed by atoms with Gasteiger partial charge in [-0.1, -0.05) is 13.3 Å². The fourth-order valence-corrected chi connectivity index (χ4v) is 3.44. The van der Waals surface area contributed by atoms with Crippen LogP contribution in [0.3, 0.4) is 0 Å². The molecule has 2 aromatic rings. The number of piperidine rings is 1. The molecule has 134 valence electrons. The summed E-state index contributed by atoms with van der Waals surface area (Å²) >= 11 is 0. The van der Waals surface area contributed by atoms with E-state index in [4.69, 9.17) is 4.74 Å². The van der Waals surface area contributed by atoms with E-state index in [-0.39, 0.29) is 5.56 Å². The summed E-state index contributed by atoms with van der Waals surface area (Å²) in [6.45, 7) is 6.81. The summed E-state index contributed by atoms with van der Waals surface area (Å²) in [6, 6.07) is 11.8. The Balaban J connectivity index is 1.54. The minimum atomic E-state index is -0.191. The van der Waals surface area contributed by atoms with Crippen LogP contribution in [0.2, 0.25) is 0 Å². The molecule has 1 aromatic carbocycles. The van der Waals surface area contributed by atoms with Gasteiger partial charge >= 0.3 is 0 Å². The van der Waals surface area contributed by atoms with Crippen LogP contribution in [0.1, 0.15) is 39.5 Å². The molecule has 1 N–H and O–H groups in total. The molecule has 1 saturated heterocycles. The summed E-state index contributed by atoms with van der Waals surface area (Å²) in [7, 11) is 0. The molecule has 0 bridgehead atoms. The summed E-state index contributed by atoms with van der Waals surface area (Å²) in [4.78, 5) is 13.7. The van der Waals surface area contributed by atoms with E-state index in [1.807, 2.05) is 24.3 Å². The molecule has 3 rings (SSSR count). The first-order valence-electron chi connectivity index (χ1n) is 9.22. The molecule has 1 fully saturated rings. The lowest BCUT2D eigenvalue weighted by Gasteiger charge is -2.36. The number of nitrogens with zero attached hydrogens (tertiary/aromatic N) is 2. The first-order valence-corrected chi connectivity index (χ1v) is 9.22. The van der Waals surface area contributed by atoms with Crippen LogP contribution in [-0.2, 0) is 0 Å². The van der Waals surface area contributed by atoms with E-state index in [0.717, 1.165) is 42.9 Å². The molecule has 25 heavy (non-hydrogen) atoms. The Bertz CT molecular complexity index is 698. The summed E-state index contributed by atoms with van der Waals surface area (Å²) in [5, 5.41) is 6.51. The third-order valence-electron chi connectivity index (χ3n) is 4.94. The fraction of sp³-hybridized carbons (Fsp3) is 0.500. The maximum atomic E-state index is 11.1. The lowest BCUT2D eigenvalue weighted by atomic mass is 10.0. The van der Waals surface area contributed by atoms with E-state index >= 15 is 0 Å². The Labute approximate surface area is 149 Å². The third-order valence-corrected chi connectivity index (χ3v) is 4.94. The number of benzene rings is 1. The Morgan fingerprint density at radius 3 is 2.52 bits per heavy atom. The molecule has 5 nitrogen and oxygen atoms in total. The minimum Gasteiger partial charge on any atom is -0.490 e. The standard InChI is InChI=1S/C20H27N3O2/c1-3-4-15(2)23-13-11-18(12-14-23)25-17-7-5-16(6-8-17)19-9-10-20(24)22-21-19/h5-10,15,18H,3-4,11-14H2,1-2H3,(H,22,24). The van der Waals surface area contributed by atoms with Gasteiger partial charge in [0.25, 0.3) is 5.56 Å². The molecule has 0 aliphatic carbocycles. The van der Waals surface area contributed by atoms with Gasteiger partial charge in [0.15, 0.2) is 0 Å². The number of rotatable bonds is 6. The van der Waals surface area contributed by atoms with Gasteiger partial charge in [0.1, 0.15) is 11.9 Å². The van der Waals surface area contributed by atoms with Gasteiger partial charge in [0, 0.05) is 30.8 Å². The zero-order chi connectivity index (χ0) is 17.6. The highest BCUT2D eigenvalue weighted by Gasteiger charge is 2.23. The van der Waals surface area contributed by atoms with Gasteiger partial charge in [-0.3, -0.25) is 4.79 Å². The molecule has 0 saturated carbocycles. The normalized spacial score (nSPS) is 17.4. The number of hydrogen-bond donors (Lipinski definition) is 1. The van der Waals surface area contributed by atoms with Crippen molar-refractivity contribution in [2.45, 2.75) is 51.7 Å². The number of aromatic nitrogens is 2. The molecular formula is C20H27N3O2. The molecule has 0 radical (unpaired) electrons. The summed E-state index contributed by atoms with van der Waals surface area (Å²) in [5.41, 5.74) is 1.53. The van der Waals surface area contributed by atoms with E-state index in [9.17, 15) is 4.79 Å². The van der Waals surface area contributed by atoms with Crippen molar-refractivity contribution < 1.29 is 4.74 Å². The number of H-pyrrole nitrogens is 1. The van der Waals surface area contributed by atoms with Crippen molar-refractivity contribution in [3.63, 3.8) is 0 Å². The lowest BCUT2D eigenvalue weighted by Crippen LogP contribution is -2.42. The van der Waals surface area contributed by atoms with Crippen LogP contribution in [0.4, 0.5) is 0 Å². The first-order chi connectivity index (χ1) is 12.2. The van der Waals surface area contributed by atoms with Crippen molar-refractivity contribution in [3.05, 3.63) is 46.8 Å². The molecular weight excluding hydrogens is 314 g/mol. The van der Waals surface area contributed by atoms with Crippen LogP contribution in [0.5, 0.6) is 5.75 Å². The van der Waals surface area contributed by atoms with Gasteiger partial charge in [-0.05, 0) is 56.5 Å². The molecule has 1 aliphatic rings. The van der Waals surface area contributed by atoms with Crippen molar-refractivity contribution in [1.82, 2.24) is 15.1 Å². The highest BCUT2D eigenvalue weighted by atomic mass is 16.5. The number of aromatic amines is 1. The van der Waals surface area contributed by atoms with Gasteiger partial charge in [0.05, 0.1) is 5.69 Å². The van der Waals surface area contributed by atoms with E-state index < -0.39 is 0 Å². The lowest BCUT2D eigenvalue weighted by molar-refractivity contribution is 0.0773. The number of likely N-dealkylation sites (tertiary alicyclic amines) is 1. The molecule has 2 heterocycles. The molecule has 1 aliphatic heterocycles. The minimum absolute atomic E-state index is 0.191. The van der Waals surface area contributed by atoms with E-state index in [2.05, 4.69) is 28.9 Å². The fourth-order valence-electron chi connectivity index (χ4n) is 3.44. The number of ether oxygens (including phenoxy) is 1. The van der Waals surface area contributed by atoms with Crippen molar-refractivity contribution in [2.24, 2.45) is 0 Å². The molecule has 5 heteroatoms. The van der Waals surface area contributed by atoms with Gasteiger partial charge < -0.3 is 9.64 Å². The largest absolute Gasteiger partial charge is 0.490 e. The van der Waals surface area contributed by atoms with Crippen molar-refractivity contribution in [3.8, 4) is 17.0 Å². The molecule has 1 unspecified atom stereocenters. The Morgan fingerprint density at radius 2 is 1.92 bits per heavy atom. The maximum absolute atomic E-state index is 11.1. The molecule has 0 spiro atoms. The number of nitrogens with one attached hydrogen (secondary N) is 1.